The Labute approximate surface area is 215 Å². The lowest BCUT2D eigenvalue weighted by Gasteiger charge is -2.30. The number of fused-ring (bicyclic) bond motifs is 4. The second kappa shape index (κ2) is 8.56. The molecule has 0 radical (unpaired) electrons. The number of amides is 3. The number of phenols is 1. The summed E-state index contributed by atoms with van der Waals surface area (Å²) in [6, 6.07) is 20.1. The standard InChI is InChI=1S/C30H29N3O4/c1-17-14-18(2)26-22(15-17)30(29(37)31-26)25-24(23(32-30)16-20-8-10-21(34)11-9-20)27(35)33(28(25)36)13-12-19-6-4-3-5-7-19/h3-11,14-15,23-25,32,34H,12-13,16H2,1-2H3,(H,31,37)/t23-,24-,25+,30-/m1/s1. The summed E-state index contributed by atoms with van der Waals surface area (Å²) in [5.41, 5.74) is 4.02. The highest BCUT2D eigenvalue weighted by atomic mass is 16.3. The normalized spacial score (nSPS) is 26.1. The lowest BCUT2D eigenvalue weighted by atomic mass is 9.75. The Bertz CT molecular complexity index is 1420. The first-order valence-corrected chi connectivity index (χ1v) is 12.7. The van der Waals surface area contributed by atoms with Crippen molar-refractivity contribution < 1.29 is 19.5 Å². The van der Waals surface area contributed by atoms with Crippen LogP contribution in [0.1, 0.15) is 27.8 Å². The minimum atomic E-state index is -1.31. The number of rotatable bonds is 5. The molecule has 0 unspecified atom stereocenters. The summed E-state index contributed by atoms with van der Waals surface area (Å²) in [5.74, 6) is -2.16. The fraction of sp³-hybridized carbons (Fsp3) is 0.300. The molecule has 0 saturated carbocycles. The third-order valence-corrected chi connectivity index (χ3v) is 8.12. The number of aryl methyl sites for hydroxylation is 2. The first-order chi connectivity index (χ1) is 17.8. The molecule has 7 heteroatoms. The van der Waals surface area contributed by atoms with Gasteiger partial charge in [-0.25, -0.2) is 0 Å². The van der Waals surface area contributed by atoms with Gasteiger partial charge in [-0.2, -0.15) is 0 Å². The van der Waals surface area contributed by atoms with E-state index >= 15 is 0 Å². The molecule has 3 aliphatic rings. The summed E-state index contributed by atoms with van der Waals surface area (Å²) in [6.07, 6.45) is 1.00. The number of hydrogen-bond donors (Lipinski definition) is 3. The molecule has 4 atom stereocenters. The number of imide groups is 1. The zero-order chi connectivity index (χ0) is 25.9. The number of hydrogen-bond acceptors (Lipinski definition) is 5. The number of nitrogens with zero attached hydrogens (tertiary/aromatic N) is 1. The highest BCUT2D eigenvalue weighted by molar-refractivity contribution is 6.15. The molecule has 2 fully saturated rings. The van der Waals surface area contributed by atoms with Gasteiger partial charge in [0.25, 0.3) is 0 Å². The zero-order valence-corrected chi connectivity index (χ0v) is 20.8. The van der Waals surface area contributed by atoms with Gasteiger partial charge in [-0.3, -0.25) is 24.6 Å². The number of nitrogens with one attached hydrogen (secondary N) is 2. The summed E-state index contributed by atoms with van der Waals surface area (Å²) in [4.78, 5) is 43.0. The molecule has 0 aromatic heterocycles. The van der Waals surface area contributed by atoms with Crippen LogP contribution < -0.4 is 10.6 Å². The molecule has 6 rings (SSSR count). The van der Waals surface area contributed by atoms with Crippen LogP contribution in [0.25, 0.3) is 0 Å². The van der Waals surface area contributed by atoms with Gasteiger partial charge < -0.3 is 10.4 Å². The number of anilines is 1. The van der Waals surface area contributed by atoms with E-state index in [0.717, 1.165) is 33.5 Å². The van der Waals surface area contributed by atoms with Crippen molar-refractivity contribution in [2.75, 3.05) is 11.9 Å². The summed E-state index contributed by atoms with van der Waals surface area (Å²) < 4.78 is 0. The molecule has 7 nitrogen and oxygen atoms in total. The lowest BCUT2D eigenvalue weighted by Crippen LogP contribution is -2.53. The van der Waals surface area contributed by atoms with E-state index in [9.17, 15) is 19.5 Å². The fourth-order valence-electron chi connectivity index (χ4n) is 6.48. The van der Waals surface area contributed by atoms with Crippen LogP contribution in [-0.2, 0) is 32.8 Å². The van der Waals surface area contributed by atoms with Gasteiger partial charge in [0.05, 0.1) is 11.8 Å². The Kier molecular flexibility index (Phi) is 5.42. The Morgan fingerprint density at radius 1 is 0.919 bits per heavy atom. The van der Waals surface area contributed by atoms with Gasteiger partial charge in [-0.1, -0.05) is 60.2 Å². The van der Waals surface area contributed by atoms with E-state index in [1.165, 1.54) is 4.90 Å². The van der Waals surface area contributed by atoms with Crippen LogP contribution in [0.2, 0.25) is 0 Å². The summed E-state index contributed by atoms with van der Waals surface area (Å²) in [7, 11) is 0. The number of aromatic hydroxyl groups is 1. The molecule has 3 aliphatic heterocycles. The molecule has 0 aliphatic carbocycles. The van der Waals surface area contributed by atoms with E-state index in [4.69, 9.17) is 0 Å². The Morgan fingerprint density at radius 2 is 1.65 bits per heavy atom. The van der Waals surface area contributed by atoms with Gasteiger partial charge in [0.1, 0.15) is 11.3 Å². The second-order valence-electron chi connectivity index (χ2n) is 10.5. The molecule has 0 bridgehead atoms. The van der Waals surface area contributed by atoms with Crippen molar-refractivity contribution in [2.45, 2.75) is 38.3 Å². The average Bonchev–Trinajstić information content (AvgIpc) is 3.45. The molecule has 3 N–H and O–H groups in total. The smallest absolute Gasteiger partial charge is 0.250 e. The zero-order valence-electron chi connectivity index (χ0n) is 20.8. The predicted octanol–water partition coefficient (Wildman–Crippen LogP) is 3.21. The van der Waals surface area contributed by atoms with E-state index in [-0.39, 0.29) is 30.0 Å². The number of benzene rings is 3. The minimum Gasteiger partial charge on any atom is -0.508 e. The van der Waals surface area contributed by atoms with E-state index in [0.29, 0.717) is 12.8 Å². The maximum Gasteiger partial charge on any atom is 0.250 e. The topological polar surface area (TPSA) is 98.7 Å². The first kappa shape index (κ1) is 23.4. The maximum atomic E-state index is 14.0. The largest absolute Gasteiger partial charge is 0.508 e. The molecule has 3 aromatic carbocycles. The SMILES string of the molecule is Cc1cc(C)c2c(c1)[C@]1(N[C@H](Cc3ccc(O)cc3)[C@H]3C(=O)N(CCc4ccccc4)C(=O)[C@H]31)C(=O)N2. The number of likely N-dealkylation sites (tertiary alicyclic amines) is 1. The average molecular weight is 496 g/mol. The van der Waals surface area contributed by atoms with Gasteiger partial charge >= 0.3 is 0 Å². The summed E-state index contributed by atoms with van der Waals surface area (Å²) in [6.45, 7) is 4.19. The van der Waals surface area contributed by atoms with Crippen LogP contribution in [-0.4, -0.2) is 40.3 Å². The van der Waals surface area contributed by atoms with Crippen LogP contribution in [0.4, 0.5) is 5.69 Å². The molecular formula is C30H29N3O4. The Morgan fingerprint density at radius 3 is 2.38 bits per heavy atom. The van der Waals surface area contributed by atoms with Crippen molar-refractivity contribution in [3.63, 3.8) is 0 Å². The molecule has 3 aromatic rings. The Balaban J connectivity index is 1.42. The predicted molar refractivity (Wildman–Crippen MR) is 139 cm³/mol. The van der Waals surface area contributed by atoms with Crippen molar-refractivity contribution in [1.82, 2.24) is 10.2 Å². The van der Waals surface area contributed by atoms with Crippen molar-refractivity contribution >= 4 is 23.4 Å². The fourth-order valence-corrected chi connectivity index (χ4v) is 6.48. The van der Waals surface area contributed by atoms with Gasteiger partial charge in [-0.05, 0) is 55.5 Å². The number of phenolic OH excluding ortho intramolecular Hbond substituents is 1. The van der Waals surface area contributed by atoms with Crippen molar-refractivity contribution in [1.29, 1.82) is 0 Å². The van der Waals surface area contributed by atoms with Crippen LogP contribution in [0.15, 0.2) is 66.7 Å². The van der Waals surface area contributed by atoms with Crippen LogP contribution >= 0.6 is 0 Å². The molecular weight excluding hydrogens is 466 g/mol. The first-order valence-electron chi connectivity index (χ1n) is 12.7. The van der Waals surface area contributed by atoms with E-state index in [1.807, 2.05) is 68.4 Å². The molecule has 3 heterocycles. The quantitative estimate of drug-likeness (QED) is 0.472. The molecule has 2 saturated heterocycles. The summed E-state index contributed by atoms with van der Waals surface area (Å²) in [5, 5.41) is 16.2. The van der Waals surface area contributed by atoms with Crippen LogP contribution in [0, 0.1) is 25.7 Å². The number of carbonyl (C=O) groups excluding carboxylic acids is 3. The van der Waals surface area contributed by atoms with Gasteiger partial charge in [0.15, 0.2) is 0 Å². The van der Waals surface area contributed by atoms with E-state index in [2.05, 4.69) is 10.6 Å². The minimum absolute atomic E-state index is 0.159. The monoisotopic (exact) mass is 495 g/mol. The van der Waals surface area contributed by atoms with Crippen LogP contribution in [0.3, 0.4) is 0 Å². The third kappa shape index (κ3) is 3.56. The van der Waals surface area contributed by atoms with Crippen molar-refractivity contribution in [3.05, 3.63) is 94.5 Å². The summed E-state index contributed by atoms with van der Waals surface area (Å²) >= 11 is 0. The highest BCUT2D eigenvalue weighted by Crippen LogP contribution is 2.54. The van der Waals surface area contributed by atoms with Gasteiger partial charge in [0, 0.05) is 23.8 Å². The van der Waals surface area contributed by atoms with Crippen molar-refractivity contribution in [2.24, 2.45) is 11.8 Å². The van der Waals surface area contributed by atoms with E-state index < -0.39 is 23.4 Å². The highest BCUT2D eigenvalue weighted by Gasteiger charge is 2.70. The van der Waals surface area contributed by atoms with E-state index in [1.54, 1.807) is 12.1 Å². The van der Waals surface area contributed by atoms with Gasteiger partial charge in [-0.15, -0.1) is 0 Å². The maximum absolute atomic E-state index is 14.0. The van der Waals surface area contributed by atoms with Crippen LogP contribution in [0.5, 0.6) is 5.75 Å². The Hall–Kier alpha value is -3.97. The number of carbonyl (C=O) groups is 3. The molecule has 188 valence electrons. The lowest BCUT2D eigenvalue weighted by molar-refractivity contribution is -0.142. The second-order valence-corrected chi connectivity index (χ2v) is 10.5. The molecule has 1 spiro atoms. The van der Waals surface area contributed by atoms with Crippen molar-refractivity contribution in [3.8, 4) is 5.75 Å². The third-order valence-electron chi connectivity index (χ3n) is 8.12. The van der Waals surface area contributed by atoms with Gasteiger partial charge in [0.2, 0.25) is 17.7 Å². The molecule has 37 heavy (non-hydrogen) atoms. The molecule has 3 amide bonds.